The number of hydrogen-bond acceptors (Lipinski definition) is 0. The van der Waals surface area contributed by atoms with E-state index in [1.165, 1.54) is 43.0 Å². The lowest BCUT2D eigenvalue weighted by molar-refractivity contribution is 0.577. The van der Waals surface area contributed by atoms with E-state index < -0.39 is 0 Å². The smallest absolute Gasteiger partial charge is 0.0480 e. The molecule has 0 fully saturated rings. The van der Waals surface area contributed by atoms with Crippen LogP contribution in [0.15, 0.2) is 36.5 Å². The minimum atomic E-state index is 1.16. The minimum Gasteiger partial charge on any atom is -0.347 e. The molecule has 1 nitrogen and oxygen atoms in total. The molecule has 0 aliphatic carbocycles. The summed E-state index contributed by atoms with van der Waals surface area (Å²) in [5.74, 6) is 0. The van der Waals surface area contributed by atoms with E-state index in [4.69, 9.17) is 0 Å². The van der Waals surface area contributed by atoms with E-state index in [1.807, 2.05) is 0 Å². The standard InChI is InChI=1S/C15H21N/c1-2-3-4-5-8-12-16-13-11-14-9-6-7-10-15(14)16/h6-7,9-11,13H,2-5,8,12H2,1H3. The second kappa shape index (κ2) is 5.74. The Morgan fingerprint density at radius 1 is 0.938 bits per heavy atom. The summed E-state index contributed by atoms with van der Waals surface area (Å²) in [5, 5.41) is 1.36. The first-order chi connectivity index (χ1) is 7.92. The maximum Gasteiger partial charge on any atom is 0.0480 e. The summed E-state index contributed by atoms with van der Waals surface area (Å²) >= 11 is 0. The van der Waals surface area contributed by atoms with Crippen LogP contribution >= 0.6 is 0 Å². The number of aryl methyl sites for hydroxylation is 1. The Balaban J connectivity index is 1.89. The Bertz CT molecular complexity index is 428. The molecular formula is C15H21N. The summed E-state index contributed by atoms with van der Waals surface area (Å²) < 4.78 is 2.38. The highest BCUT2D eigenvalue weighted by Crippen LogP contribution is 2.16. The molecule has 0 bridgehead atoms. The number of hydrogen-bond donors (Lipinski definition) is 0. The van der Waals surface area contributed by atoms with Crippen molar-refractivity contribution in [3.05, 3.63) is 36.5 Å². The van der Waals surface area contributed by atoms with Gasteiger partial charge >= 0.3 is 0 Å². The molecule has 2 rings (SSSR count). The predicted molar refractivity (Wildman–Crippen MR) is 70.7 cm³/mol. The van der Waals surface area contributed by atoms with Gasteiger partial charge in [-0.05, 0) is 23.9 Å². The van der Waals surface area contributed by atoms with Crippen LogP contribution in [0.3, 0.4) is 0 Å². The van der Waals surface area contributed by atoms with Crippen LogP contribution in [-0.2, 0) is 6.54 Å². The van der Waals surface area contributed by atoms with E-state index in [0.717, 1.165) is 6.54 Å². The number of aromatic nitrogens is 1. The van der Waals surface area contributed by atoms with Crippen molar-refractivity contribution in [1.29, 1.82) is 0 Å². The molecule has 0 aliphatic heterocycles. The molecule has 0 aliphatic rings. The first-order valence-electron chi connectivity index (χ1n) is 6.45. The van der Waals surface area contributed by atoms with Gasteiger partial charge in [-0.1, -0.05) is 50.8 Å². The van der Waals surface area contributed by atoms with Crippen molar-refractivity contribution in [2.75, 3.05) is 0 Å². The first kappa shape index (κ1) is 11.3. The van der Waals surface area contributed by atoms with Gasteiger partial charge < -0.3 is 4.57 Å². The number of nitrogens with zero attached hydrogens (tertiary/aromatic N) is 1. The Labute approximate surface area is 98.1 Å². The summed E-state index contributed by atoms with van der Waals surface area (Å²) in [6, 6.07) is 10.8. The second-order valence-corrected chi connectivity index (χ2v) is 4.48. The van der Waals surface area contributed by atoms with E-state index in [1.54, 1.807) is 0 Å². The molecule has 0 amide bonds. The fourth-order valence-corrected chi connectivity index (χ4v) is 2.22. The van der Waals surface area contributed by atoms with Crippen molar-refractivity contribution in [3.63, 3.8) is 0 Å². The fourth-order valence-electron chi connectivity index (χ4n) is 2.22. The van der Waals surface area contributed by atoms with E-state index in [-0.39, 0.29) is 0 Å². The third-order valence-corrected chi connectivity index (χ3v) is 3.18. The van der Waals surface area contributed by atoms with Crippen molar-refractivity contribution >= 4 is 10.9 Å². The summed E-state index contributed by atoms with van der Waals surface area (Å²) in [7, 11) is 0. The number of rotatable bonds is 6. The van der Waals surface area contributed by atoms with Crippen LogP contribution in [0.4, 0.5) is 0 Å². The maximum atomic E-state index is 2.38. The highest BCUT2D eigenvalue weighted by atomic mass is 14.9. The Kier molecular flexibility index (Phi) is 4.03. The molecule has 1 heterocycles. The van der Waals surface area contributed by atoms with Gasteiger partial charge in [-0.3, -0.25) is 0 Å². The maximum absolute atomic E-state index is 2.38. The number of fused-ring (bicyclic) bond motifs is 1. The Morgan fingerprint density at radius 3 is 2.62 bits per heavy atom. The van der Waals surface area contributed by atoms with E-state index in [2.05, 4.69) is 48.0 Å². The fraction of sp³-hybridized carbons (Fsp3) is 0.467. The Morgan fingerprint density at radius 2 is 1.75 bits per heavy atom. The van der Waals surface area contributed by atoms with Crippen LogP contribution in [0.25, 0.3) is 10.9 Å². The van der Waals surface area contributed by atoms with Gasteiger partial charge in [0.1, 0.15) is 0 Å². The highest BCUT2D eigenvalue weighted by Gasteiger charge is 1.98. The minimum absolute atomic E-state index is 1.16. The summed E-state index contributed by atoms with van der Waals surface area (Å²) in [5.41, 5.74) is 1.37. The van der Waals surface area contributed by atoms with E-state index >= 15 is 0 Å². The van der Waals surface area contributed by atoms with Crippen LogP contribution in [0.1, 0.15) is 39.0 Å². The number of unbranched alkanes of at least 4 members (excludes halogenated alkanes) is 4. The van der Waals surface area contributed by atoms with E-state index in [0.29, 0.717) is 0 Å². The molecule has 1 heteroatoms. The Hall–Kier alpha value is -1.24. The molecule has 0 unspecified atom stereocenters. The molecule has 0 spiro atoms. The molecule has 0 atom stereocenters. The topological polar surface area (TPSA) is 4.93 Å². The van der Waals surface area contributed by atoms with Crippen LogP contribution in [0.5, 0.6) is 0 Å². The number of para-hydroxylation sites is 1. The zero-order valence-corrected chi connectivity index (χ0v) is 10.2. The van der Waals surface area contributed by atoms with Crippen molar-refractivity contribution in [1.82, 2.24) is 4.57 Å². The average molecular weight is 215 g/mol. The van der Waals surface area contributed by atoms with Crippen LogP contribution < -0.4 is 0 Å². The van der Waals surface area contributed by atoms with Crippen molar-refractivity contribution < 1.29 is 0 Å². The average Bonchev–Trinajstić information content (AvgIpc) is 2.73. The monoisotopic (exact) mass is 215 g/mol. The van der Waals surface area contributed by atoms with Gasteiger partial charge in [-0.25, -0.2) is 0 Å². The summed E-state index contributed by atoms with van der Waals surface area (Å²) in [4.78, 5) is 0. The van der Waals surface area contributed by atoms with Gasteiger partial charge in [0.05, 0.1) is 0 Å². The van der Waals surface area contributed by atoms with Crippen molar-refractivity contribution in [3.8, 4) is 0 Å². The largest absolute Gasteiger partial charge is 0.347 e. The molecule has 0 N–H and O–H groups in total. The molecule has 0 saturated carbocycles. The molecule has 16 heavy (non-hydrogen) atoms. The third kappa shape index (κ3) is 2.66. The van der Waals surface area contributed by atoms with Crippen molar-refractivity contribution in [2.45, 2.75) is 45.6 Å². The molecular weight excluding hydrogens is 194 g/mol. The lowest BCUT2D eigenvalue weighted by Gasteiger charge is -2.05. The molecule has 0 radical (unpaired) electrons. The molecule has 86 valence electrons. The van der Waals surface area contributed by atoms with Crippen LogP contribution in [0.2, 0.25) is 0 Å². The zero-order chi connectivity index (χ0) is 11.2. The SMILES string of the molecule is CCCCCCCn1ccc2ccccc21. The zero-order valence-electron chi connectivity index (χ0n) is 10.2. The lowest BCUT2D eigenvalue weighted by atomic mass is 10.1. The van der Waals surface area contributed by atoms with Gasteiger partial charge in [-0.15, -0.1) is 0 Å². The van der Waals surface area contributed by atoms with Crippen LogP contribution in [-0.4, -0.2) is 4.57 Å². The van der Waals surface area contributed by atoms with Gasteiger partial charge in [0.2, 0.25) is 0 Å². The summed E-state index contributed by atoms with van der Waals surface area (Å²) in [6.07, 6.45) is 8.97. The van der Waals surface area contributed by atoms with Crippen LogP contribution in [0, 0.1) is 0 Å². The molecule has 2 aromatic rings. The van der Waals surface area contributed by atoms with Gasteiger partial charge in [0.15, 0.2) is 0 Å². The van der Waals surface area contributed by atoms with Gasteiger partial charge in [0.25, 0.3) is 0 Å². The quantitative estimate of drug-likeness (QED) is 0.620. The highest BCUT2D eigenvalue weighted by molar-refractivity contribution is 5.79. The number of benzene rings is 1. The molecule has 1 aromatic heterocycles. The predicted octanol–water partition coefficient (Wildman–Crippen LogP) is 4.61. The van der Waals surface area contributed by atoms with Crippen molar-refractivity contribution in [2.24, 2.45) is 0 Å². The van der Waals surface area contributed by atoms with Gasteiger partial charge in [-0.2, -0.15) is 0 Å². The molecule has 0 saturated heterocycles. The first-order valence-corrected chi connectivity index (χ1v) is 6.45. The molecule has 1 aromatic carbocycles. The van der Waals surface area contributed by atoms with Gasteiger partial charge in [0, 0.05) is 18.3 Å². The normalized spacial score (nSPS) is 11.1. The second-order valence-electron chi connectivity index (χ2n) is 4.48. The third-order valence-electron chi connectivity index (χ3n) is 3.18. The lowest BCUT2D eigenvalue weighted by Crippen LogP contribution is -1.95. The summed E-state index contributed by atoms with van der Waals surface area (Å²) in [6.45, 7) is 3.43. The van der Waals surface area contributed by atoms with E-state index in [9.17, 15) is 0 Å².